The normalized spacial score (nSPS) is 14.9. The van der Waals surface area contributed by atoms with E-state index in [0.717, 1.165) is 0 Å². The fourth-order valence-corrected chi connectivity index (χ4v) is 3.39. The molecule has 11 heteroatoms. The van der Waals surface area contributed by atoms with Crippen LogP contribution < -0.4 is 35.3 Å². The summed E-state index contributed by atoms with van der Waals surface area (Å²) < 4.78 is 21.3. The summed E-state index contributed by atoms with van der Waals surface area (Å²) in [7, 11) is -9.77. The second-order valence-electron chi connectivity index (χ2n) is 2.80. The van der Waals surface area contributed by atoms with Crippen LogP contribution in [0.25, 0.3) is 0 Å². The molecule has 0 aromatic heterocycles. The first-order valence-corrected chi connectivity index (χ1v) is 6.95. The van der Waals surface area contributed by atoms with Gasteiger partial charge in [-0.3, -0.25) is 9.13 Å². The van der Waals surface area contributed by atoms with Crippen LogP contribution >= 0.6 is 15.2 Å². The number of nitrogens with two attached hydrogens (primary N) is 1. The zero-order valence-electron chi connectivity index (χ0n) is 9.09. The van der Waals surface area contributed by atoms with E-state index in [1.54, 1.807) is 0 Å². The second kappa shape index (κ2) is 6.83. The zero-order chi connectivity index (χ0) is 11.6. The molecule has 0 saturated heterocycles. The van der Waals surface area contributed by atoms with Crippen LogP contribution in [0.4, 0.5) is 0 Å². The van der Waals surface area contributed by atoms with Gasteiger partial charge in [-0.05, 0) is 12.8 Å². The SMILES string of the molecule is NC(O)CCC(P(=O)(O)O)P(=O)(O)O.[H-].[Na+]. The van der Waals surface area contributed by atoms with Gasteiger partial charge in [0.2, 0.25) is 0 Å². The average Bonchev–Trinajstić information content (AvgIpc) is 1.78. The molecule has 0 aromatic carbocycles. The van der Waals surface area contributed by atoms with Gasteiger partial charge in [0.15, 0.2) is 5.40 Å². The van der Waals surface area contributed by atoms with E-state index in [-0.39, 0.29) is 37.4 Å². The Bertz CT molecular complexity index is 256. The van der Waals surface area contributed by atoms with Gasteiger partial charge in [0.25, 0.3) is 0 Å². The van der Waals surface area contributed by atoms with Crippen LogP contribution in [0.1, 0.15) is 14.3 Å². The minimum atomic E-state index is -4.88. The Hall–Kier alpha value is 1.22. The standard InChI is InChI=1S/C4H13NO7P2.Na.H/c5-3(6)1-2-4(13(7,8)9)14(10,11)12;;/h3-4,6H,1-2,5H2,(H2,7,8,9)(H2,10,11,12);;/q;+1;-1. The molecule has 0 fully saturated rings. The molecular weight excluding hydrogens is 259 g/mol. The summed E-state index contributed by atoms with van der Waals surface area (Å²) >= 11 is 0. The number of hydrogen-bond acceptors (Lipinski definition) is 4. The van der Waals surface area contributed by atoms with Gasteiger partial charge in [-0.25, -0.2) is 0 Å². The van der Waals surface area contributed by atoms with Crippen molar-refractivity contribution in [3.8, 4) is 0 Å². The fourth-order valence-electron chi connectivity index (χ4n) is 0.852. The van der Waals surface area contributed by atoms with Crippen LogP contribution in [0.3, 0.4) is 0 Å². The molecular formula is C4H14NNaO7P2. The number of aliphatic hydroxyl groups is 1. The molecule has 1 atom stereocenters. The van der Waals surface area contributed by atoms with Crippen LogP contribution in [0.15, 0.2) is 0 Å². The summed E-state index contributed by atoms with van der Waals surface area (Å²) in [6, 6.07) is 0. The Labute approximate surface area is 110 Å². The van der Waals surface area contributed by atoms with Crippen molar-refractivity contribution in [3.63, 3.8) is 0 Å². The first kappa shape index (κ1) is 18.6. The summed E-state index contributed by atoms with van der Waals surface area (Å²) in [6.07, 6.45) is -2.18. The summed E-state index contributed by atoms with van der Waals surface area (Å²) in [5, 5.41) is 6.51. The summed E-state index contributed by atoms with van der Waals surface area (Å²) in [6.45, 7) is 0. The third-order valence-corrected chi connectivity index (χ3v) is 5.37. The molecule has 0 spiro atoms. The largest absolute Gasteiger partial charge is 1.00 e. The third-order valence-electron chi connectivity index (χ3n) is 1.50. The van der Waals surface area contributed by atoms with Gasteiger partial charge in [-0.15, -0.1) is 0 Å². The Morgan fingerprint density at radius 1 is 1.07 bits per heavy atom. The molecule has 1 unspecified atom stereocenters. The van der Waals surface area contributed by atoms with Gasteiger partial charge in [-0.2, -0.15) is 0 Å². The average molecular weight is 273 g/mol. The quantitative estimate of drug-likeness (QED) is 0.167. The zero-order valence-corrected chi connectivity index (χ0v) is 11.9. The third kappa shape index (κ3) is 8.01. The molecule has 0 amide bonds. The van der Waals surface area contributed by atoms with Gasteiger partial charge in [-0.1, -0.05) is 0 Å². The predicted molar refractivity (Wildman–Crippen MR) is 48.4 cm³/mol. The Balaban J connectivity index is -0.000000845. The van der Waals surface area contributed by atoms with Crippen LogP contribution in [0, 0.1) is 0 Å². The van der Waals surface area contributed by atoms with Gasteiger partial charge in [0.05, 0.1) is 0 Å². The molecule has 88 valence electrons. The molecule has 0 aliphatic heterocycles. The van der Waals surface area contributed by atoms with Crippen molar-refractivity contribution in [1.29, 1.82) is 0 Å². The maximum atomic E-state index is 10.7. The molecule has 0 aliphatic rings. The monoisotopic (exact) mass is 273 g/mol. The van der Waals surface area contributed by atoms with Crippen molar-refractivity contribution in [2.75, 3.05) is 0 Å². The maximum Gasteiger partial charge on any atom is 1.00 e. The molecule has 0 aliphatic carbocycles. The molecule has 0 radical (unpaired) electrons. The van der Waals surface area contributed by atoms with Gasteiger partial charge in [0, 0.05) is 0 Å². The molecule has 0 heterocycles. The van der Waals surface area contributed by atoms with Crippen molar-refractivity contribution in [2.24, 2.45) is 5.73 Å². The van der Waals surface area contributed by atoms with Crippen molar-refractivity contribution >= 4 is 15.2 Å². The number of rotatable bonds is 5. The summed E-state index contributed by atoms with van der Waals surface area (Å²) in [5.74, 6) is 0. The molecule has 15 heavy (non-hydrogen) atoms. The molecule has 0 saturated carbocycles. The summed E-state index contributed by atoms with van der Waals surface area (Å²) in [4.78, 5) is 34.5. The predicted octanol–water partition coefficient (Wildman–Crippen LogP) is -4.16. The first-order valence-electron chi connectivity index (χ1n) is 3.59. The Morgan fingerprint density at radius 3 is 1.60 bits per heavy atom. The van der Waals surface area contributed by atoms with Crippen molar-refractivity contribution in [3.05, 3.63) is 0 Å². The van der Waals surface area contributed by atoms with E-state index < -0.39 is 33.2 Å². The maximum absolute atomic E-state index is 10.7. The van der Waals surface area contributed by atoms with E-state index in [4.69, 9.17) is 30.4 Å². The number of aliphatic hydroxyl groups excluding tert-OH is 1. The molecule has 7 N–H and O–H groups in total. The molecule has 0 rings (SSSR count). The van der Waals surface area contributed by atoms with Crippen LogP contribution in [-0.2, 0) is 9.13 Å². The van der Waals surface area contributed by atoms with Crippen molar-refractivity contribution in [1.82, 2.24) is 0 Å². The summed E-state index contributed by atoms with van der Waals surface area (Å²) in [5.41, 5.74) is 4.88. The fraction of sp³-hybridized carbons (Fsp3) is 1.00. The van der Waals surface area contributed by atoms with Crippen LogP contribution in [0.5, 0.6) is 0 Å². The van der Waals surface area contributed by atoms with Gasteiger partial charge >= 0.3 is 44.7 Å². The van der Waals surface area contributed by atoms with Crippen LogP contribution in [0.2, 0.25) is 0 Å². The van der Waals surface area contributed by atoms with Crippen molar-refractivity contribution < 1.29 is 64.8 Å². The van der Waals surface area contributed by atoms with Gasteiger partial charge in [0.1, 0.15) is 6.23 Å². The molecule has 0 aromatic rings. The minimum absolute atomic E-state index is 0. The topological polar surface area (TPSA) is 161 Å². The molecule has 0 bridgehead atoms. The Morgan fingerprint density at radius 2 is 1.40 bits per heavy atom. The van der Waals surface area contributed by atoms with Crippen LogP contribution in [-0.4, -0.2) is 36.3 Å². The van der Waals surface area contributed by atoms with Gasteiger partial charge < -0.3 is 31.8 Å². The molecule has 8 nitrogen and oxygen atoms in total. The smallest absolute Gasteiger partial charge is 1.00 e. The minimum Gasteiger partial charge on any atom is -1.00 e. The van der Waals surface area contributed by atoms with E-state index in [2.05, 4.69) is 0 Å². The van der Waals surface area contributed by atoms with E-state index >= 15 is 0 Å². The second-order valence-corrected chi connectivity index (χ2v) is 6.81. The Kier molecular flexibility index (Phi) is 8.47. The van der Waals surface area contributed by atoms with E-state index in [1.807, 2.05) is 0 Å². The van der Waals surface area contributed by atoms with E-state index in [9.17, 15) is 9.13 Å². The van der Waals surface area contributed by atoms with E-state index in [1.165, 1.54) is 0 Å². The number of hydrogen-bond donors (Lipinski definition) is 6. The van der Waals surface area contributed by atoms with Crippen molar-refractivity contribution in [2.45, 2.75) is 24.5 Å². The first-order chi connectivity index (χ1) is 6.05. The van der Waals surface area contributed by atoms with E-state index in [0.29, 0.717) is 0 Å².